The zero-order valence-electron chi connectivity index (χ0n) is 9.07. The van der Waals surface area contributed by atoms with Gasteiger partial charge in [-0.05, 0) is 6.42 Å². The number of rotatable bonds is 3. The molecular formula is C10H18N2O2S. The summed E-state index contributed by atoms with van der Waals surface area (Å²) in [4.78, 5) is 14.0. The molecule has 0 saturated carbocycles. The Kier molecular flexibility index (Phi) is 3.88. The number of carbonyl (C=O) groups is 1. The maximum atomic E-state index is 12.0. The number of hydrogen-bond donors (Lipinski definition) is 1. The second-order valence-electron chi connectivity index (χ2n) is 4.17. The highest BCUT2D eigenvalue weighted by Crippen LogP contribution is 2.19. The lowest BCUT2D eigenvalue weighted by Gasteiger charge is -2.20. The van der Waals surface area contributed by atoms with Gasteiger partial charge in [-0.15, -0.1) is 11.8 Å². The quantitative estimate of drug-likeness (QED) is 0.749. The first-order valence-electron chi connectivity index (χ1n) is 5.40. The monoisotopic (exact) mass is 230 g/mol. The summed E-state index contributed by atoms with van der Waals surface area (Å²) in [6.45, 7) is 2.54. The maximum absolute atomic E-state index is 12.0. The molecule has 2 atom stereocenters. The number of nitrogens with zero attached hydrogens (tertiary/aromatic N) is 1. The molecule has 1 amide bonds. The molecule has 1 N–H and O–H groups in total. The summed E-state index contributed by atoms with van der Waals surface area (Å²) in [6.07, 6.45) is 1.08. The Bertz CT molecular complexity index is 231. The third-order valence-corrected chi connectivity index (χ3v) is 3.95. The molecule has 0 bridgehead atoms. The zero-order valence-corrected chi connectivity index (χ0v) is 9.89. The van der Waals surface area contributed by atoms with E-state index in [-0.39, 0.29) is 11.9 Å². The van der Waals surface area contributed by atoms with Crippen LogP contribution in [0.4, 0.5) is 0 Å². The van der Waals surface area contributed by atoms with Gasteiger partial charge in [-0.25, -0.2) is 0 Å². The van der Waals surface area contributed by atoms with Gasteiger partial charge in [-0.1, -0.05) is 0 Å². The van der Waals surface area contributed by atoms with Gasteiger partial charge in [0.05, 0.1) is 12.6 Å². The smallest absolute Gasteiger partial charge is 0.240 e. The van der Waals surface area contributed by atoms with E-state index < -0.39 is 0 Å². The van der Waals surface area contributed by atoms with Gasteiger partial charge in [-0.3, -0.25) is 10.1 Å². The van der Waals surface area contributed by atoms with E-state index in [1.165, 1.54) is 0 Å². The summed E-state index contributed by atoms with van der Waals surface area (Å²) in [5.41, 5.74) is 0. The first-order chi connectivity index (χ1) is 7.31. The third-order valence-electron chi connectivity index (χ3n) is 3.01. The summed E-state index contributed by atoms with van der Waals surface area (Å²) in [5, 5.41) is 3.22. The maximum Gasteiger partial charge on any atom is 0.240 e. The van der Waals surface area contributed by atoms with Crippen molar-refractivity contribution in [3.63, 3.8) is 0 Å². The first kappa shape index (κ1) is 11.2. The average molecular weight is 230 g/mol. The summed E-state index contributed by atoms with van der Waals surface area (Å²) in [7, 11) is 1.72. The highest BCUT2D eigenvalue weighted by atomic mass is 32.2. The Labute approximate surface area is 94.7 Å². The number of thioether (sulfide) groups is 1. The van der Waals surface area contributed by atoms with Crippen LogP contribution in [-0.2, 0) is 9.53 Å². The lowest BCUT2D eigenvalue weighted by atomic mass is 10.1. The fraction of sp³-hybridized carbons (Fsp3) is 0.900. The standard InChI is InChI=1S/C10H18N2O2S/c1-14-5-8-2-3-12(4-8)10(13)9-6-15-7-11-9/h8-9,11H,2-7H2,1H3. The van der Waals surface area contributed by atoms with Crippen molar-refractivity contribution < 1.29 is 9.53 Å². The molecule has 2 saturated heterocycles. The molecule has 2 aliphatic rings. The van der Waals surface area contributed by atoms with Crippen LogP contribution in [0, 0.1) is 5.92 Å². The molecule has 0 aromatic rings. The number of hydrogen-bond acceptors (Lipinski definition) is 4. The number of nitrogens with one attached hydrogen (secondary N) is 1. The molecule has 0 aliphatic carbocycles. The Hall–Kier alpha value is -0.260. The van der Waals surface area contributed by atoms with E-state index in [0.29, 0.717) is 5.92 Å². The van der Waals surface area contributed by atoms with E-state index in [2.05, 4.69) is 5.32 Å². The molecular weight excluding hydrogens is 212 g/mol. The lowest BCUT2D eigenvalue weighted by molar-refractivity contribution is -0.131. The Balaban J connectivity index is 1.81. The van der Waals surface area contributed by atoms with Crippen LogP contribution in [0.1, 0.15) is 6.42 Å². The molecule has 2 aliphatic heterocycles. The second kappa shape index (κ2) is 5.18. The topological polar surface area (TPSA) is 41.6 Å². The predicted octanol–water partition coefficient (Wildman–Crippen LogP) is 0.144. The zero-order chi connectivity index (χ0) is 10.7. The summed E-state index contributed by atoms with van der Waals surface area (Å²) >= 11 is 1.80. The average Bonchev–Trinajstić information content (AvgIpc) is 2.87. The van der Waals surface area contributed by atoms with Gasteiger partial charge >= 0.3 is 0 Å². The minimum atomic E-state index is 0.0521. The molecule has 15 heavy (non-hydrogen) atoms. The van der Waals surface area contributed by atoms with Crippen LogP contribution in [0.25, 0.3) is 0 Å². The van der Waals surface area contributed by atoms with E-state index in [0.717, 1.165) is 37.7 Å². The minimum Gasteiger partial charge on any atom is -0.384 e. The molecule has 2 unspecified atom stereocenters. The van der Waals surface area contributed by atoms with Crippen molar-refractivity contribution in [2.45, 2.75) is 12.5 Å². The normalized spacial score (nSPS) is 31.1. The van der Waals surface area contributed by atoms with Gasteiger partial charge in [0, 0.05) is 37.7 Å². The van der Waals surface area contributed by atoms with Crippen LogP contribution in [0.15, 0.2) is 0 Å². The second-order valence-corrected chi connectivity index (χ2v) is 5.20. The molecule has 0 aromatic heterocycles. The van der Waals surface area contributed by atoms with E-state index in [1.807, 2.05) is 4.90 Å². The van der Waals surface area contributed by atoms with Gasteiger partial charge in [0.1, 0.15) is 0 Å². The third kappa shape index (κ3) is 2.65. The molecule has 2 rings (SSSR count). The number of methoxy groups -OCH3 is 1. The number of likely N-dealkylation sites (tertiary alicyclic amines) is 1. The van der Waals surface area contributed by atoms with Crippen LogP contribution in [0.2, 0.25) is 0 Å². The Morgan fingerprint density at radius 1 is 1.67 bits per heavy atom. The van der Waals surface area contributed by atoms with Crippen molar-refractivity contribution in [1.29, 1.82) is 0 Å². The fourth-order valence-electron chi connectivity index (χ4n) is 2.18. The van der Waals surface area contributed by atoms with E-state index >= 15 is 0 Å². The van der Waals surface area contributed by atoms with Crippen molar-refractivity contribution in [2.24, 2.45) is 5.92 Å². The largest absolute Gasteiger partial charge is 0.384 e. The summed E-state index contributed by atoms with van der Waals surface area (Å²) < 4.78 is 5.12. The van der Waals surface area contributed by atoms with Crippen LogP contribution >= 0.6 is 11.8 Å². The van der Waals surface area contributed by atoms with Crippen molar-refractivity contribution in [3.8, 4) is 0 Å². The van der Waals surface area contributed by atoms with Crippen molar-refractivity contribution in [3.05, 3.63) is 0 Å². The Morgan fingerprint density at radius 2 is 2.53 bits per heavy atom. The Morgan fingerprint density at radius 3 is 3.20 bits per heavy atom. The molecule has 5 heteroatoms. The van der Waals surface area contributed by atoms with Crippen molar-refractivity contribution in [2.75, 3.05) is 38.4 Å². The molecule has 86 valence electrons. The lowest BCUT2D eigenvalue weighted by Crippen LogP contribution is -2.44. The van der Waals surface area contributed by atoms with Gasteiger partial charge in [0.15, 0.2) is 0 Å². The van der Waals surface area contributed by atoms with Crippen molar-refractivity contribution in [1.82, 2.24) is 10.2 Å². The molecule has 0 spiro atoms. The fourth-order valence-corrected chi connectivity index (χ4v) is 3.11. The van der Waals surface area contributed by atoms with E-state index in [1.54, 1.807) is 18.9 Å². The van der Waals surface area contributed by atoms with Gasteiger partial charge in [0.2, 0.25) is 5.91 Å². The summed E-state index contributed by atoms with van der Waals surface area (Å²) in [5.74, 6) is 2.64. The van der Waals surface area contributed by atoms with Gasteiger partial charge < -0.3 is 9.64 Å². The summed E-state index contributed by atoms with van der Waals surface area (Å²) in [6, 6.07) is 0.0521. The van der Waals surface area contributed by atoms with Crippen LogP contribution < -0.4 is 5.32 Å². The minimum absolute atomic E-state index is 0.0521. The van der Waals surface area contributed by atoms with Crippen LogP contribution in [0.5, 0.6) is 0 Å². The molecule has 0 aromatic carbocycles. The van der Waals surface area contributed by atoms with E-state index in [9.17, 15) is 4.79 Å². The SMILES string of the molecule is COCC1CCN(C(=O)C2CSCN2)C1. The van der Waals surface area contributed by atoms with Crippen LogP contribution in [-0.4, -0.2) is 55.3 Å². The highest BCUT2D eigenvalue weighted by molar-refractivity contribution is 7.99. The van der Waals surface area contributed by atoms with Gasteiger partial charge in [-0.2, -0.15) is 0 Å². The first-order valence-corrected chi connectivity index (χ1v) is 6.55. The predicted molar refractivity (Wildman–Crippen MR) is 60.8 cm³/mol. The molecule has 2 heterocycles. The number of amides is 1. The van der Waals surface area contributed by atoms with E-state index in [4.69, 9.17) is 4.74 Å². The molecule has 2 fully saturated rings. The molecule has 0 radical (unpaired) electrons. The number of carbonyl (C=O) groups excluding carboxylic acids is 1. The van der Waals surface area contributed by atoms with Crippen LogP contribution in [0.3, 0.4) is 0 Å². The number of ether oxygens (including phenoxy) is 1. The van der Waals surface area contributed by atoms with Crippen molar-refractivity contribution >= 4 is 17.7 Å². The van der Waals surface area contributed by atoms with Gasteiger partial charge in [0.25, 0.3) is 0 Å². The molecule has 4 nitrogen and oxygen atoms in total. The highest BCUT2D eigenvalue weighted by Gasteiger charge is 2.32.